The molecule has 1 aliphatic heterocycles. The van der Waals surface area contributed by atoms with Crippen LogP contribution in [0.2, 0.25) is 0 Å². The van der Waals surface area contributed by atoms with Gasteiger partial charge in [0.25, 0.3) is 0 Å². The molecule has 0 aromatic rings. The number of hydrogen-bond acceptors (Lipinski definition) is 2. The van der Waals surface area contributed by atoms with E-state index >= 15 is 0 Å². The molecule has 2 fully saturated rings. The first kappa shape index (κ1) is 12.4. The van der Waals surface area contributed by atoms with Crippen LogP contribution in [0, 0.1) is 11.8 Å². The van der Waals surface area contributed by atoms with Crippen LogP contribution in [0.25, 0.3) is 0 Å². The first-order chi connectivity index (χ1) is 7.70. The van der Waals surface area contributed by atoms with Crippen LogP contribution in [0.1, 0.15) is 52.4 Å². The quantitative estimate of drug-likeness (QED) is 0.781. The van der Waals surface area contributed by atoms with Gasteiger partial charge in [-0.05, 0) is 37.6 Å². The summed E-state index contributed by atoms with van der Waals surface area (Å²) >= 11 is 0. The summed E-state index contributed by atoms with van der Waals surface area (Å²) in [4.78, 5) is 2.56. The lowest BCUT2D eigenvalue weighted by Crippen LogP contribution is -2.49. The van der Waals surface area contributed by atoms with Gasteiger partial charge in [0.2, 0.25) is 0 Å². The molecule has 4 unspecified atom stereocenters. The highest BCUT2D eigenvalue weighted by molar-refractivity contribution is 4.85. The van der Waals surface area contributed by atoms with Crippen molar-refractivity contribution in [3.8, 4) is 0 Å². The van der Waals surface area contributed by atoms with Gasteiger partial charge in [-0.25, -0.2) is 0 Å². The summed E-state index contributed by atoms with van der Waals surface area (Å²) in [7, 11) is 0. The summed E-state index contributed by atoms with van der Waals surface area (Å²) in [6, 6.07) is 0.765. The molecule has 1 aliphatic carbocycles. The van der Waals surface area contributed by atoms with Crippen molar-refractivity contribution in [2.45, 2.75) is 64.5 Å². The Hall–Kier alpha value is -0.0800. The van der Waals surface area contributed by atoms with Gasteiger partial charge in [0.1, 0.15) is 0 Å². The van der Waals surface area contributed by atoms with Gasteiger partial charge in [-0.15, -0.1) is 0 Å². The zero-order valence-electron chi connectivity index (χ0n) is 10.9. The normalized spacial score (nSPS) is 42.2. The Morgan fingerprint density at radius 2 is 2.06 bits per heavy atom. The van der Waals surface area contributed by atoms with Crippen LogP contribution in [-0.2, 0) is 0 Å². The molecule has 1 saturated carbocycles. The first-order valence-electron chi connectivity index (χ1n) is 7.12. The predicted molar refractivity (Wildman–Crippen MR) is 67.4 cm³/mol. The second-order valence-corrected chi connectivity index (χ2v) is 5.92. The van der Waals surface area contributed by atoms with E-state index in [0.29, 0.717) is 5.92 Å². The Morgan fingerprint density at radius 1 is 1.25 bits per heavy atom. The summed E-state index contributed by atoms with van der Waals surface area (Å²) < 4.78 is 0. The van der Waals surface area contributed by atoms with Crippen LogP contribution in [0.4, 0.5) is 0 Å². The van der Waals surface area contributed by atoms with Gasteiger partial charge in [0, 0.05) is 12.6 Å². The number of hydrogen-bond donors (Lipinski definition) is 1. The van der Waals surface area contributed by atoms with Crippen LogP contribution in [0.15, 0.2) is 0 Å². The molecule has 0 spiro atoms. The average molecular weight is 225 g/mol. The second-order valence-electron chi connectivity index (χ2n) is 5.92. The van der Waals surface area contributed by atoms with Crippen molar-refractivity contribution < 1.29 is 5.11 Å². The Kier molecular flexibility index (Phi) is 4.26. The van der Waals surface area contributed by atoms with Crippen LogP contribution >= 0.6 is 0 Å². The fourth-order valence-electron chi connectivity index (χ4n) is 3.37. The van der Waals surface area contributed by atoms with E-state index in [2.05, 4.69) is 18.7 Å². The lowest BCUT2D eigenvalue weighted by Gasteiger charge is -2.42. The molecule has 2 heteroatoms. The molecule has 0 aromatic carbocycles. The number of aliphatic hydroxyl groups excluding tert-OH is 1. The van der Waals surface area contributed by atoms with Crippen LogP contribution in [0.3, 0.4) is 0 Å². The van der Waals surface area contributed by atoms with E-state index in [1.54, 1.807) is 0 Å². The number of aliphatic hydroxyl groups is 1. The molecular weight excluding hydrogens is 198 g/mol. The zero-order chi connectivity index (χ0) is 11.5. The molecule has 1 heterocycles. The van der Waals surface area contributed by atoms with Crippen LogP contribution in [0.5, 0.6) is 0 Å². The van der Waals surface area contributed by atoms with Crippen molar-refractivity contribution in [2.24, 2.45) is 11.8 Å². The lowest BCUT2D eigenvalue weighted by molar-refractivity contribution is -0.00265. The van der Waals surface area contributed by atoms with E-state index in [4.69, 9.17) is 0 Å². The molecule has 0 bridgehead atoms. The summed E-state index contributed by atoms with van der Waals surface area (Å²) in [5, 5.41) is 9.96. The molecule has 2 aliphatic rings. The van der Waals surface area contributed by atoms with Crippen molar-refractivity contribution in [1.29, 1.82) is 0 Å². The highest BCUT2D eigenvalue weighted by Gasteiger charge is 2.31. The summed E-state index contributed by atoms with van der Waals surface area (Å²) in [6.07, 6.45) is 7.98. The molecule has 2 rings (SSSR count). The van der Waals surface area contributed by atoms with E-state index in [0.717, 1.165) is 18.5 Å². The lowest BCUT2D eigenvalue weighted by atomic mass is 9.82. The zero-order valence-corrected chi connectivity index (χ0v) is 10.9. The molecule has 0 aromatic heterocycles. The molecule has 94 valence electrons. The van der Waals surface area contributed by atoms with E-state index in [1.165, 1.54) is 45.1 Å². The second kappa shape index (κ2) is 5.50. The number of β-amino-alcohol motifs (C(OH)–C–C–N with tert-alkyl or cyclic N) is 1. The number of rotatable bonds is 2. The Labute approximate surface area is 100 Å². The van der Waals surface area contributed by atoms with Crippen LogP contribution < -0.4 is 0 Å². The Balaban J connectivity index is 1.87. The topological polar surface area (TPSA) is 23.5 Å². The van der Waals surface area contributed by atoms with Crippen molar-refractivity contribution >= 4 is 0 Å². The first-order valence-corrected chi connectivity index (χ1v) is 7.12. The SMILES string of the molecule is CCC1CCCC(N2CCC(C)C(O)C2)C1. The summed E-state index contributed by atoms with van der Waals surface area (Å²) in [5.74, 6) is 1.44. The molecule has 0 amide bonds. The van der Waals surface area contributed by atoms with Gasteiger partial charge in [0.15, 0.2) is 0 Å². The highest BCUT2D eigenvalue weighted by Crippen LogP contribution is 2.31. The summed E-state index contributed by atoms with van der Waals surface area (Å²) in [6.45, 7) is 6.62. The third-order valence-electron chi connectivity index (χ3n) is 4.80. The van der Waals surface area contributed by atoms with Gasteiger partial charge < -0.3 is 5.11 Å². The highest BCUT2D eigenvalue weighted by atomic mass is 16.3. The smallest absolute Gasteiger partial charge is 0.0693 e. The standard InChI is InChI=1S/C14H27NO/c1-3-12-5-4-6-13(9-12)15-8-7-11(2)14(16)10-15/h11-14,16H,3-10H2,1-2H3. The van der Waals surface area contributed by atoms with E-state index < -0.39 is 0 Å². The molecule has 2 nitrogen and oxygen atoms in total. The minimum absolute atomic E-state index is 0.0873. The monoisotopic (exact) mass is 225 g/mol. The van der Waals surface area contributed by atoms with Crippen molar-refractivity contribution in [1.82, 2.24) is 4.90 Å². The van der Waals surface area contributed by atoms with Gasteiger partial charge in [0.05, 0.1) is 6.10 Å². The average Bonchev–Trinajstić information content (AvgIpc) is 2.33. The maximum absolute atomic E-state index is 9.96. The largest absolute Gasteiger partial charge is 0.392 e. The minimum atomic E-state index is -0.0873. The number of likely N-dealkylation sites (tertiary alicyclic amines) is 1. The van der Waals surface area contributed by atoms with Gasteiger partial charge in [-0.2, -0.15) is 0 Å². The van der Waals surface area contributed by atoms with E-state index in [-0.39, 0.29) is 6.10 Å². The minimum Gasteiger partial charge on any atom is -0.392 e. The van der Waals surface area contributed by atoms with Crippen molar-refractivity contribution in [3.63, 3.8) is 0 Å². The van der Waals surface area contributed by atoms with Gasteiger partial charge in [-0.1, -0.05) is 33.1 Å². The predicted octanol–water partition coefficient (Wildman–Crippen LogP) is 2.66. The van der Waals surface area contributed by atoms with Gasteiger partial charge in [-0.3, -0.25) is 4.90 Å². The molecule has 1 N–H and O–H groups in total. The molecular formula is C14H27NO. The maximum atomic E-state index is 9.96. The summed E-state index contributed by atoms with van der Waals surface area (Å²) in [5.41, 5.74) is 0. The number of nitrogens with zero attached hydrogens (tertiary/aromatic N) is 1. The Morgan fingerprint density at radius 3 is 2.75 bits per heavy atom. The van der Waals surface area contributed by atoms with E-state index in [1.807, 2.05) is 0 Å². The van der Waals surface area contributed by atoms with E-state index in [9.17, 15) is 5.11 Å². The van der Waals surface area contributed by atoms with Crippen molar-refractivity contribution in [2.75, 3.05) is 13.1 Å². The molecule has 4 atom stereocenters. The fraction of sp³-hybridized carbons (Fsp3) is 1.00. The van der Waals surface area contributed by atoms with Crippen LogP contribution in [-0.4, -0.2) is 35.2 Å². The van der Waals surface area contributed by atoms with Gasteiger partial charge >= 0.3 is 0 Å². The maximum Gasteiger partial charge on any atom is 0.0693 e. The number of piperidine rings is 1. The fourth-order valence-corrected chi connectivity index (χ4v) is 3.37. The Bertz CT molecular complexity index is 215. The molecule has 16 heavy (non-hydrogen) atoms. The molecule has 0 radical (unpaired) electrons. The van der Waals surface area contributed by atoms with Crippen molar-refractivity contribution in [3.05, 3.63) is 0 Å². The molecule has 1 saturated heterocycles. The third-order valence-corrected chi connectivity index (χ3v) is 4.80. The third kappa shape index (κ3) is 2.78.